The van der Waals surface area contributed by atoms with Crippen molar-refractivity contribution in [3.63, 3.8) is 0 Å². The number of aromatic nitrogens is 2. The fourth-order valence-corrected chi connectivity index (χ4v) is 2.32. The number of ether oxygens (including phenoxy) is 1. The maximum atomic E-state index is 6.30. The predicted octanol–water partition coefficient (Wildman–Crippen LogP) is 3.89. The van der Waals surface area contributed by atoms with Gasteiger partial charge in [0.25, 0.3) is 0 Å². The van der Waals surface area contributed by atoms with Crippen LogP contribution in [0.5, 0.6) is 5.75 Å². The van der Waals surface area contributed by atoms with Crippen LogP contribution in [0.2, 0.25) is 5.02 Å². The van der Waals surface area contributed by atoms with E-state index in [9.17, 15) is 0 Å². The second-order valence-corrected chi connectivity index (χ2v) is 4.39. The summed E-state index contributed by atoms with van der Waals surface area (Å²) < 4.78 is 5.16. The molecule has 18 heavy (non-hydrogen) atoms. The van der Waals surface area contributed by atoms with Gasteiger partial charge in [-0.3, -0.25) is 5.10 Å². The summed E-state index contributed by atoms with van der Waals surface area (Å²) >= 11 is 6.30. The van der Waals surface area contributed by atoms with Crippen molar-refractivity contribution in [1.29, 1.82) is 0 Å². The first-order valence-electron chi connectivity index (χ1n) is 5.55. The molecule has 90 valence electrons. The van der Waals surface area contributed by atoms with Crippen LogP contribution in [-0.2, 0) is 0 Å². The molecule has 0 fully saturated rings. The number of hydrogen-bond donors (Lipinski definition) is 1. The van der Waals surface area contributed by atoms with Gasteiger partial charge in [0.1, 0.15) is 5.75 Å². The Morgan fingerprint density at radius 1 is 1.17 bits per heavy atom. The number of hydrogen-bond acceptors (Lipinski definition) is 2. The number of fused-ring (bicyclic) bond motifs is 1. The molecule has 0 bridgehead atoms. The molecule has 0 saturated heterocycles. The van der Waals surface area contributed by atoms with Crippen LogP contribution in [0.3, 0.4) is 0 Å². The Balaban J connectivity index is 2.23. The van der Waals surface area contributed by atoms with Crippen LogP contribution >= 0.6 is 11.6 Å². The zero-order valence-electron chi connectivity index (χ0n) is 9.77. The van der Waals surface area contributed by atoms with Crippen molar-refractivity contribution in [3.8, 4) is 16.9 Å². The summed E-state index contributed by atoms with van der Waals surface area (Å²) in [4.78, 5) is 0. The third-order valence-corrected chi connectivity index (χ3v) is 3.26. The summed E-state index contributed by atoms with van der Waals surface area (Å²) in [6.45, 7) is 0. The molecule has 3 aromatic rings. The quantitative estimate of drug-likeness (QED) is 0.757. The molecular formula is C14H11ClN2O. The van der Waals surface area contributed by atoms with Crippen LogP contribution in [0.1, 0.15) is 0 Å². The highest BCUT2D eigenvalue weighted by Crippen LogP contribution is 2.34. The summed E-state index contributed by atoms with van der Waals surface area (Å²) in [6.07, 6.45) is 1.81. The van der Waals surface area contributed by atoms with Crippen molar-refractivity contribution in [2.45, 2.75) is 0 Å². The van der Waals surface area contributed by atoms with Crippen LogP contribution in [0, 0.1) is 0 Å². The fourth-order valence-electron chi connectivity index (χ4n) is 2.04. The van der Waals surface area contributed by atoms with Crippen LogP contribution < -0.4 is 4.74 Å². The van der Waals surface area contributed by atoms with E-state index in [1.54, 1.807) is 7.11 Å². The van der Waals surface area contributed by atoms with Crippen molar-refractivity contribution >= 4 is 22.5 Å². The van der Waals surface area contributed by atoms with Gasteiger partial charge >= 0.3 is 0 Å². The molecule has 0 saturated carbocycles. The number of H-pyrrole nitrogens is 1. The number of nitrogens with one attached hydrogen (secondary N) is 1. The summed E-state index contributed by atoms with van der Waals surface area (Å²) in [5, 5.41) is 8.74. The Morgan fingerprint density at radius 3 is 2.83 bits per heavy atom. The van der Waals surface area contributed by atoms with Gasteiger partial charge in [0.2, 0.25) is 0 Å². The molecule has 1 aromatic heterocycles. The lowest BCUT2D eigenvalue weighted by Crippen LogP contribution is -1.85. The number of aromatic amines is 1. The van der Waals surface area contributed by atoms with Gasteiger partial charge in [-0.15, -0.1) is 0 Å². The molecule has 0 radical (unpaired) electrons. The van der Waals surface area contributed by atoms with E-state index < -0.39 is 0 Å². The first-order chi connectivity index (χ1) is 8.79. The van der Waals surface area contributed by atoms with E-state index in [1.165, 1.54) is 0 Å². The highest BCUT2D eigenvalue weighted by Gasteiger charge is 2.09. The van der Waals surface area contributed by atoms with Gasteiger partial charge in [-0.1, -0.05) is 23.7 Å². The van der Waals surface area contributed by atoms with Crippen LogP contribution in [0.4, 0.5) is 0 Å². The Labute approximate surface area is 109 Å². The molecule has 1 N–H and O–H groups in total. The average molecular weight is 259 g/mol. The van der Waals surface area contributed by atoms with Crippen molar-refractivity contribution in [1.82, 2.24) is 10.2 Å². The van der Waals surface area contributed by atoms with Gasteiger partial charge in [-0.2, -0.15) is 5.10 Å². The molecule has 0 atom stereocenters. The molecule has 0 aliphatic rings. The zero-order valence-corrected chi connectivity index (χ0v) is 10.5. The van der Waals surface area contributed by atoms with E-state index in [2.05, 4.69) is 10.2 Å². The molecule has 0 aliphatic heterocycles. The molecule has 0 unspecified atom stereocenters. The van der Waals surface area contributed by atoms with Crippen molar-refractivity contribution in [2.75, 3.05) is 7.11 Å². The molecule has 0 spiro atoms. The minimum atomic E-state index is 0.669. The smallest absolute Gasteiger partial charge is 0.120 e. The second-order valence-electron chi connectivity index (χ2n) is 3.98. The Hall–Kier alpha value is -2.00. The van der Waals surface area contributed by atoms with E-state index in [-0.39, 0.29) is 0 Å². The van der Waals surface area contributed by atoms with E-state index in [4.69, 9.17) is 16.3 Å². The largest absolute Gasteiger partial charge is 0.497 e. The van der Waals surface area contributed by atoms with E-state index in [0.29, 0.717) is 5.02 Å². The molecule has 0 aliphatic carbocycles. The number of rotatable bonds is 2. The fraction of sp³-hybridized carbons (Fsp3) is 0.0714. The van der Waals surface area contributed by atoms with Gasteiger partial charge < -0.3 is 4.74 Å². The first kappa shape index (κ1) is 11.1. The third-order valence-electron chi connectivity index (χ3n) is 2.95. The maximum Gasteiger partial charge on any atom is 0.120 e. The third kappa shape index (κ3) is 1.73. The highest BCUT2D eigenvalue weighted by molar-refractivity contribution is 6.33. The lowest BCUT2D eigenvalue weighted by molar-refractivity contribution is 0.415. The van der Waals surface area contributed by atoms with Gasteiger partial charge in [-0.25, -0.2) is 0 Å². The minimum absolute atomic E-state index is 0.669. The van der Waals surface area contributed by atoms with Gasteiger partial charge in [0.15, 0.2) is 0 Å². The number of methoxy groups -OCH3 is 1. The standard InChI is InChI=1S/C14H11ClN2O/c1-18-9-5-6-11(13(15)7-9)10-3-2-4-14-12(10)8-16-17-14/h2-8H,1H3,(H,16,17). The summed E-state index contributed by atoms with van der Waals surface area (Å²) in [7, 11) is 1.63. The molecule has 3 nitrogen and oxygen atoms in total. The molecule has 2 aromatic carbocycles. The molecule has 1 heterocycles. The number of benzene rings is 2. The van der Waals surface area contributed by atoms with Gasteiger partial charge in [0.05, 0.1) is 23.8 Å². The van der Waals surface area contributed by atoms with E-state index in [1.807, 2.05) is 42.6 Å². The Morgan fingerprint density at radius 2 is 2.06 bits per heavy atom. The molecular weight excluding hydrogens is 248 g/mol. The van der Waals surface area contributed by atoms with Crippen LogP contribution in [-0.4, -0.2) is 17.3 Å². The topological polar surface area (TPSA) is 37.9 Å². The van der Waals surface area contributed by atoms with Crippen molar-refractivity contribution < 1.29 is 4.74 Å². The summed E-state index contributed by atoms with van der Waals surface area (Å²) in [5.41, 5.74) is 3.04. The molecule has 4 heteroatoms. The second kappa shape index (κ2) is 4.35. The van der Waals surface area contributed by atoms with Gasteiger partial charge in [0, 0.05) is 10.9 Å². The number of nitrogens with zero attached hydrogens (tertiary/aromatic N) is 1. The molecule has 0 amide bonds. The zero-order chi connectivity index (χ0) is 12.5. The lowest BCUT2D eigenvalue weighted by atomic mass is 10.0. The van der Waals surface area contributed by atoms with Crippen LogP contribution in [0.25, 0.3) is 22.0 Å². The molecule has 3 rings (SSSR count). The van der Waals surface area contributed by atoms with E-state index >= 15 is 0 Å². The highest BCUT2D eigenvalue weighted by atomic mass is 35.5. The first-order valence-corrected chi connectivity index (χ1v) is 5.93. The summed E-state index contributed by atoms with van der Waals surface area (Å²) in [5.74, 6) is 0.753. The average Bonchev–Trinajstić information content (AvgIpc) is 2.87. The lowest BCUT2D eigenvalue weighted by Gasteiger charge is -2.07. The number of halogens is 1. The van der Waals surface area contributed by atoms with Gasteiger partial charge in [-0.05, 0) is 29.8 Å². The van der Waals surface area contributed by atoms with Crippen molar-refractivity contribution in [3.05, 3.63) is 47.6 Å². The predicted molar refractivity (Wildman–Crippen MR) is 73.1 cm³/mol. The van der Waals surface area contributed by atoms with Crippen molar-refractivity contribution in [2.24, 2.45) is 0 Å². The monoisotopic (exact) mass is 258 g/mol. The Bertz CT molecular complexity index is 706. The summed E-state index contributed by atoms with van der Waals surface area (Å²) in [6, 6.07) is 11.7. The normalized spacial score (nSPS) is 10.8. The van der Waals surface area contributed by atoms with Crippen LogP contribution in [0.15, 0.2) is 42.6 Å². The van der Waals surface area contributed by atoms with E-state index in [0.717, 1.165) is 27.8 Å². The SMILES string of the molecule is COc1ccc(-c2cccc3[nH]ncc23)c(Cl)c1. The maximum absolute atomic E-state index is 6.30. The minimum Gasteiger partial charge on any atom is -0.497 e. The Kier molecular flexibility index (Phi) is 2.68.